The first kappa shape index (κ1) is 75.6. The van der Waals surface area contributed by atoms with E-state index in [2.05, 4.69) is 18.2 Å². The van der Waals surface area contributed by atoms with Gasteiger partial charge in [0.2, 0.25) is 20.4 Å². The second-order valence-electron chi connectivity index (χ2n) is 29.7. The second kappa shape index (κ2) is 32.9. The van der Waals surface area contributed by atoms with Crippen LogP contribution < -0.4 is 33.2 Å². The minimum Gasteiger partial charge on any atom is -0.508 e. The van der Waals surface area contributed by atoms with Gasteiger partial charge >= 0.3 is 0 Å². The SMILES string of the molecule is CC(C)Oc1ccc2c(c1)C(c1ccc3c(c1)OCO3)[C@H](CO[C@@H]1OC[C@@H](O)[C@H](C)[C@H]1O)[C@@H](CO)C2.Cc1cc2c(cc1Cl)C(c1ccc3c(c1)OCO3)[C@H](CO[C@@H]1OC[C@@H](O)[C@H](C)[C@H]1O)[C@@H](CO)C2.Cc1cc2c(cc1O)C[C@H](CO)[C@@H](CO[C@@H]1OC[C@@H](O)[C@H](C)[C@H]1O)C2c1ccc2c(c1)OCO2. The van der Waals surface area contributed by atoms with E-state index in [0.717, 1.165) is 66.9 Å². The van der Waals surface area contributed by atoms with Gasteiger partial charge in [0.1, 0.15) is 29.8 Å². The maximum atomic E-state index is 10.6. The largest absolute Gasteiger partial charge is 0.508 e. The zero-order valence-corrected chi connectivity index (χ0v) is 60.5. The highest BCUT2D eigenvalue weighted by atomic mass is 35.5. The van der Waals surface area contributed by atoms with Crippen LogP contribution in [0.15, 0.2) is 97.1 Å². The number of phenolic OH excluding ortho intramolecular Hbond substituents is 1. The highest BCUT2D eigenvalue weighted by Crippen LogP contribution is 2.52. The van der Waals surface area contributed by atoms with Crippen molar-refractivity contribution in [3.8, 4) is 46.0 Å². The highest BCUT2D eigenvalue weighted by molar-refractivity contribution is 6.31. The number of aryl methyl sites for hydroxylation is 2. The van der Waals surface area contributed by atoms with E-state index in [4.69, 9.17) is 73.2 Å². The Kier molecular flexibility index (Phi) is 23.9. The number of hydrogen-bond acceptors (Lipinski definition) is 23. The molecule has 0 saturated carbocycles. The summed E-state index contributed by atoms with van der Waals surface area (Å²) in [7, 11) is 0. The first-order chi connectivity index (χ1) is 50.1. The van der Waals surface area contributed by atoms with Gasteiger partial charge in [0, 0.05) is 60.4 Å². The van der Waals surface area contributed by atoms with E-state index in [9.17, 15) is 51.1 Å². The Morgan fingerprint density at radius 2 is 0.798 bits per heavy atom. The molecule has 3 aliphatic carbocycles. The number of ether oxygens (including phenoxy) is 13. The van der Waals surface area contributed by atoms with E-state index in [1.165, 1.54) is 0 Å². The van der Waals surface area contributed by atoms with Crippen LogP contribution in [0.3, 0.4) is 0 Å². The summed E-state index contributed by atoms with van der Waals surface area (Å²) < 4.78 is 74.6. The van der Waals surface area contributed by atoms with Gasteiger partial charge in [0.25, 0.3) is 0 Å². The van der Waals surface area contributed by atoms with E-state index in [-0.39, 0.29) is 163 Å². The molecule has 564 valence electrons. The summed E-state index contributed by atoms with van der Waals surface area (Å²) >= 11 is 6.56. The Bertz CT molecular complexity index is 3760. The summed E-state index contributed by atoms with van der Waals surface area (Å²) in [6, 6.07) is 31.8. The standard InChI is InChI=1S/C28H36O8.C26H31ClO7.C26H32O8/c1-15(2)36-20-6-4-17-8-19(11-29)22(12-32-28-27(31)16(3)23(30)13-33-28)26(21(17)10-20)18-5-7-24-25(9-18)35-14-34-24;1-13-5-16-6-17(9-28)19(10-31-26-25(30)14(2)21(29)11-32-26)24(18(16)8-20(13)27)15-3-4-22-23(7-15)34-12-33-22;1-13-5-18-16(7-20(13)28)6-17(9-27)19(10-31-26-25(30)14(2)21(29)11-32-26)24(18)15-3-4-22-23(8-15)34-12-33-22/h4-7,9-10,15-16,19,22-23,26-31H,8,11-14H2,1-3H3;3-5,7-8,14,17,19,21,24-26,28-30H,6,9-12H2,1-2H3;3-5,7-8,14,17,19,21,24-30H,6,9-12H2,1-2H3/t16-,19+,22+,23+,26?,27+,28+;2*14-,17+,19+,21+,24?,25+,26+/m000/s1. The molecule has 9 aliphatic rings. The first-order valence-corrected chi connectivity index (χ1v) is 36.7. The van der Waals surface area contributed by atoms with Crippen LogP contribution in [0.2, 0.25) is 5.02 Å². The van der Waals surface area contributed by atoms with Gasteiger partial charge in [-0.05, 0) is 204 Å². The fourth-order valence-electron chi connectivity index (χ4n) is 16.4. The summed E-state index contributed by atoms with van der Waals surface area (Å²) in [5, 5.41) is 104. The second-order valence-corrected chi connectivity index (χ2v) is 30.1. The molecule has 6 aliphatic heterocycles. The predicted molar refractivity (Wildman–Crippen MR) is 378 cm³/mol. The van der Waals surface area contributed by atoms with Gasteiger partial charge in [0.15, 0.2) is 53.4 Å². The topological polar surface area (TPSA) is 322 Å². The first-order valence-electron chi connectivity index (χ1n) is 36.3. The monoisotopic (exact) mass is 1460 g/mol. The van der Waals surface area contributed by atoms with E-state index in [0.29, 0.717) is 58.8 Å². The number of aliphatic hydroxyl groups is 9. The van der Waals surface area contributed by atoms with Gasteiger partial charge in [-0.25, -0.2) is 0 Å². The van der Waals surface area contributed by atoms with Crippen molar-refractivity contribution in [2.75, 3.05) is 79.8 Å². The molecule has 15 rings (SSSR count). The molecule has 3 saturated heterocycles. The summed E-state index contributed by atoms with van der Waals surface area (Å²) in [6.07, 6.45) is -5.50. The number of aromatic hydroxyl groups is 1. The molecule has 0 spiro atoms. The quantitative estimate of drug-likeness (QED) is 0.0414. The Morgan fingerprint density at radius 1 is 0.433 bits per heavy atom. The third-order valence-corrected chi connectivity index (χ3v) is 23.2. The third kappa shape index (κ3) is 15.9. The molecule has 6 aromatic rings. The Morgan fingerprint density at radius 3 is 1.19 bits per heavy atom. The van der Waals surface area contributed by atoms with Crippen molar-refractivity contribution >= 4 is 11.6 Å². The zero-order chi connectivity index (χ0) is 73.4. The van der Waals surface area contributed by atoms with Crippen LogP contribution in [0, 0.1) is 67.1 Å². The Balaban J connectivity index is 0.000000139. The molecule has 0 amide bonds. The molecule has 6 aromatic carbocycles. The van der Waals surface area contributed by atoms with Gasteiger partial charge in [-0.1, -0.05) is 68.8 Å². The van der Waals surface area contributed by atoms with Gasteiger partial charge in [-0.15, -0.1) is 0 Å². The molecule has 0 aromatic heterocycles. The summed E-state index contributed by atoms with van der Waals surface area (Å²) in [4.78, 5) is 0. The number of hydrogen-bond donors (Lipinski definition) is 10. The fourth-order valence-corrected chi connectivity index (χ4v) is 16.5. The fraction of sp³-hybridized carbons (Fsp3) is 0.550. The highest BCUT2D eigenvalue weighted by Gasteiger charge is 2.46. The lowest BCUT2D eigenvalue weighted by Crippen LogP contribution is -2.50. The molecule has 104 heavy (non-hydrogen) atoms. The van der Waals surface area contributed by atoms with Gasteiger partial charge in [-0.2, -0.15) is 0 Å². The number of benzene rings is 6. The molecule has 21 atom stereocenters. The Labute approximate surface area is 610 Å². The van der Waals surface area contributed by atoms with E-state index < -0.39 is 55.5 Å². The lowest BCUT2D eigenvalue weighted by atomic mass is 9.66. The average molecular weight is 1460 g/mol. The zero-order valence-electron chi connectivity index (χ0n) is 59.7. The van der Waals surface area contributed by atoms with Crippen LogP contribution in [-0.2, 0) is 47.7 Å². The predicted octanol–water partition coefficient (Wildman–Crippen LogP) is 7.94. The normalized spacial score (nSPS) is 32.1. The van der Waals surface area contributed by atoms with E-state index in [1.54, 1.807) is 26.8 Å². The molecule has 3 unspecified atom stereocenters. The number of phenols is 1. The lowest BCUT2D eigenvalue weighted by Gasteiger charge is -2.42. The van der Waals surface area contributed by atoms with Crippen LogP contribution in [0.4, 0.5) is 0 Å². The average Bonchev–Trinajstić information content (AvgIpc) is 0.909. The third-order valence-electron chi connectivity index (χ3n) is 22.8. The molecular weight excluding hydrogens is 1360 g/mol. The molecule has 0 bridgehead atoms. The van der Waals surface area contributed by atoms with Gasteiger partial charge in [-0.3, -0.25) is 0 Å². The maximum Gasteiger partial charge on any atom is 0.231 e. The molecule has 23 nitrogen and oxygen atoms in total. The molecule has 3 fully saturated rings. The minimum absolute atomic E-state index is 0.000608. The smallest absolute Gasteiger partial charge is 0.231 e. The number of aliphatic hydroxyl groups excluding tert-OH is 9. The van der Waals surface area contributed by atoms with Gasteiger partial charge < -0.3 is 113 Å². The van der Waals surface area contributed by atoms with Crippen LogP contribution in [0.25, 0.3) is 0 Å². The molecule has 10 N–H and O–H groups in total. The summed E-state index contributed by atoms with van der Waals surface area (Å²) in [5.74, 6) is 3.18. The maximum absolute atomic E-state index is 10.6. The summed E-state index contributed by atoms with van der Waals surface area (Å²) in [6.45, 7) is 14.8. The minimum atomic E-state index is -0.949. The lowest BCUT2D eigenvalue weighted by molar-refractivity contribution is -0.259. The van der Waals surface area contributed by atoms with Crippen molar-refractivity contribution in [2.45, 2.75) is 147 Å². The number of rotatable bonds is 17. The number of fused-ring (bicyclic) bond motifs is 6. The van der Waals surface area contributed by atoms with Crippen LogP contribution in [0.5, 0.6) is 46.0 Å². The molecule has 0 radical (unpaired) electrons. The van der Waals surface area contributed by atoms with Crippen molar-refractivity contribution in [1.82, 2.24) is 0 Å². The summed E-state index contributed by atoms with van der Waals surface area (Å²) in [5.41, 5.74) is 11.4. The van der Waals surface area contributed by atoms with Gasteiger partial charge in [0.05, 0.1) is 64.1 Å². The van der Waals surface area contributed by atoms with Crippen LogP contribution in [0.1, 0.15) is 114 Å². The molecular formula is C80H99ClO23. The van der Waals surface area contributed by atoms with Crippen LogP contribution >= 0.6 is 11.6 Å². The van der Waals surface area contributed by atoms with Crippen molar-refractivity contribution in [2.24, 2.45) is 53.3 Å². The number of halogens is 1. The van der Waals surface area contributed by atoms with Crippen molar-refractivity contribution in [3.05, 3.63) is 163 Å². The molecule has 24 heteroatoms. The van der Waals surface area contributed by atoms with E-state index in [1.807, 2.05) is 100 Å². The molecule has 6 heterocycles. The van der Waals surface area contributed by atoms with E-state index >= 15 is 0 Å². The van der Waals surface area contributed by atoms with Crippen molar-refractivity contribution < 1.29 is 113 Å². The van der Waals surface area contributed by atoms with Crippen molar-refractivity contribution in [3.63, 3.8) is 0 Å². The van der Waals surface area contributed by atoms with Crippen molar-refractivity contribution in [1.29, 1.82) is 0 Å². The van der Waals surface area contributed by atoms with Crippen LogP contribution in [-0.4, -0.2) is 193 Å². The Hall–Kier alpha value is -6.59.